The number of alkyl halides is 3. The van der Waals surface area contributed by atoms with E-state index in [-0.39, 0.29) is 15.2 Å². The summed E-state index contributed by atoms with van der Waals surface area (Å²) in [6, 6.07) is 10.5. The van der Waals surface area contributed by atoms with E-state index >= 15 is 0 Å². The molecule has 0 heterocycles. The zero-order chi connectivity index (χ0) is 16.3. The minimum absolute atomic E-state index is 0.000240. The predicted molar refractivity (Wildman–Crippen MR) is 83.9 cm³/mol. The van der Waals surface area contributed by atoms with Crippen LogP contribution in [0, 0.1) is 0 Å². The highest BCUT2D eigenvalue weighted by molar-refractivity contribution is 6.69. The van der Waals surface area contributed by atoms with Crippen molar-refractivity contribution in [2.24, 2.45) is 5.10 Å². The monoisotopic (exact) mass is 366 g/mol. The quantitative estimate of drug-likeness (QED) is 0.520. The largest absolute Gasteiger partial charge is 0.418 e. The Labute approximate surface area is 139 Å². The van der Waals surface area contributed by atoms with E-state index in [1.807, 2.05) is 0 Å². The average Bonchev–Trinajstić information content (AvgIpc) is 2.45. The highest BCUT2D eigenvalue weighted by atomic mass is 35.5. The Morgan fingerprint density at radius 3 is 2.27 bits per heavy atom. The second kappa shape index (κ2) is 6.77. The number of nitrogens with zero attached hydrogens (tertiary/aromatic N) is 1. The fourth-order valence-corrected chi connectivity index (χ4v) is 2.36. The van der Waals surface area contributed by atoms with E-state index in [0.717, 1.165) is 6.07 Å². The van der Waals surface area contributed by atoms with Crippen LogP contribution >= 0.6 is 34.8 Å². The summed E-state index contributed by atoms with van der Waals surface area (Å²) in [4.78, 5) is 0. The van der Waals surface area contributed by atoms with Gasteiger partial charge in [0.15, 0.2) is 5.17 Å². The molecule has 0 aliphatic heterocycles. The third kappa shape index (κ3) is 4.06. The van der Waals surface area contributed by atoms with Gasteiger partial charge < -0.3 is 0 Å². The van der Waals surface area contributed by atoms with Crippen LogP contribution in [0.5, 0.6) is 0 Å². The minimum atomic E-state index is -4.63. The van der Waals surface area contributed by atoms with Crippen molar-refractivity contribution in [1.29, 1.82) is 0 Å². The highest BCUT2D eigenvalue weighted by Crippen LogP contribution is 2.40. The lowest BCUT2D eigenvalue weighted by atomic mass is 10.1. The molecule has 0 saturated heterocycles. The Bertz CT molecular complexity index is 700. The average molecular weight is 368 g/mol. The van der Waals surface area contributed by atoms with Crippen LogP contribution in [-0.2, 0) is 6.18 Å². The minimum Gasteiger partial charge on any atom is -0.275 e. The topological polar surface area (TPSA) is 24.4 Å². The molecule has 0 aliphatic carbocycles. The molecule has 0 atom stereocenters. The second-order valence-electron chi connectivity index (χ2n) is 4.19. The van der Waals surface area contributed by atoms with E-state index in [9.17, 15) is 13.2 Å². The highest BCUT2D eigenvalue weighted by Gasteiger charge is 2.35. The molecule has 0 radical (unpaired) electrons. The predicted octanol–water partition coefficient (Wildman–Crippen LogP) is 6.02. The molecule has 22 heavy (non-hydrogen) atoms. The van der Waals surface area contributed by atoms with Gasteiger partial charge in [-0.25, -0.2) is 0 Å². The van der Waals surface area contributed by atoms with Gasteiger partial charge in [0, 0.05) is 10.6 Å². The maximum atomic E-state index is 13.0. The maximum Gasteiger partial charge on any atom is 0.418 e. The van der Waals surface area contributed by atoms with Crippen LogP contribution in [0.15, 0.2) is 47.6 Å². The number of anilines is 1. The zero-order valence-electron chi connectivity index (χ0n) is 10.8. The van der Waals surface area contributed by atoms with Gasteiger partial charge in [-0.05, 0) is 12.1 Å². The first kappa shape index (κ1) is 16.9. The number of nitrogens with one attached hydrogen (secondary N) is 1. The van der Waals surface area contributed by atoms with Gasteiger partial charge in [0.1, 0.15) is 0 Å². The number of hydrogen-bond donors (Lipinski definition) is 1. The lowest BCUT2D eigenvalue weighted by molar-refractivity contribution is -0.136. The maximum absolute atomic E-state index is 13.0. The molecule has 1 N–H and O–H groups in total. The molecule has 2 aromatic rings. The lowest BCUT2D eigenvalue weighted by Gasteiger charge is -2.14. The SMILES string of the molecule is FC(F)(F)c1cc(Cl)cc(Cl)c1NN=C(Cl)c1ccccc1. The Kier molecular flexibility index (Phi) is 5.21. The van der Waals surface area contributed by atoms with Crippen LogP contribution in [0.3, 0.4) is 0 Å². The second-order valence-corrected chi connectivity index (χ2v) is 5.39. The number of hydrogen-bond acceptors (Lipinski definition) is 2. The van der Waals surface area contributed by atoms with E-state index < -0.39 is 17.4 Å². The van der Waals surface area contributed by atoms with E-state index in [1.165, 1.54) is 6.07 Å². The summed E-state index contributed by atoms with van der Waals surface area (Å²) in [5, 5.41) is 3.40. The first-order valence-corrected chi connectivity index (χ1v) is 7.03. The summed E-state index contributed by atoms with van der Waals surface area (Å²) in [6.45, 7) is 0. The van der Waals surface area contributed by atoms with Crippen LogP contribution in [0.4, 0.5) is 18.9 Å². The van der Waals surface area contributed by atoms with Gasteiger partial charge in [-0.3, -0.25) is 5.43 Å². The third-order valence-electron chi connectivity index (χ3n) is 2.64. The van der Waals surface area contributed by atoms with Crippen molar-refractivity contribution in [3.63, 3.8) is 0 Å². The van der Waals surface area contributed by atoms with Gasteiger partial charge in [-0.15, -0.1) is 0 Å². The fraction of sp³-hybridized carbons (Fsp3) is 0.0714. The number of halogens is 6. The van der Waals surface area contributed by atoms with E-state index in [2.05, 4.69) is 10.5 Å². The van der Waals surface area contributed by atoms with Crippen LogP contribution < -0.4 is 5.43 Å². The molecule has 116 valence electrons. The molecule has 0 amide bonds. The van der Waals surface area contributed by atoms with Gasteiger partial charge >= 0.3 is 6.18 Å². The zero-order valence-corrected chi connectivity index (χ0v) is 13.0. The van der Waals surface area contributed by atoms with Crippen LogP contribution in [0.2, 0.25) is 10.0 Å². The van der Waals surface area contributed by atoms with Crippen LogP contribution in [0.25, 0.3) is 0 Å². The van der Waals surface area contributed by atoms with Gasteiger partial charge in [0.25, 0.3) is 0 Å². The van der Waals surface area contributed by atoms with Gasteiger partial charge in [0.2, 0.25) is 0 Å². The summed E-state index contributed by atoms with van der Waals surface area (Å²) in [5.41, 5.74) is 1.38. The number of benzene rings is 2. The lowest BCUT2D eigenvalue weighted by Crippen LogP contribution is -2.10. The van der Waals surface area contributed by atoms with Crippen molar-refractivity contribution in [2.45, 2.75) is 6.18 Å². The molecule has 2 nitrogen and oxygen atoms in total. The normalized spacial score (nSPS) is 12.4. The first-order chi connectivity index (χ1) is 10.3. The third-order valence-corrected chi connectivity index (χ3v) is 3.46. The van der Waals surface area contributed by atoms with E-state index in [0.29, 0.717) is 5.56 Å². The standard InChI is InChI=1S/C14H8Cl3F3N2/c15-9-6-10(14(18,19)20)12(11(16)7-9)21-22-13(17)8-4-2-1-3-5-8/h1-7,21H. The van der Waals surface area contributed by atoms with Crippen molar-refractivity contribution < 1.29 is 13.2 Å². The molecule has 0 aromatic heterocycles. The van der Waals surface area contributed by atoms with Crippen molar-refractivity contribution >= 4 is 45.7 Å². The molecule has 0 bridgehead atoms. The van der Waals surface area contributed by atoms with Crippen LogP contribution in [0.1, 0.15) is 11.1 Å². The van der Waals surface area contributed by atoms with Gasteiger partial charge in [-0.2, -0.15) is 18.3 Å². The Morgan fingerprint density at radius 2 is 1.68 bits per heavy atom. The molecule has 8 heteroatoms. The molecular formula is C14H8Cl3F3N2. The first-order valence-electron chi connectivity index (χ1n) is 5.90. The Morgan fingerprint density at radius 1 is 1.05 bits per heavy atom. The Balaban J connectivity index is 2.38. The molecule has 0 spiro atoms. The summed E-state index contributed by atoms with van der Waals surface area (Å²) in [5.74, 6) is 0. The molecule has 2 aromatic carbocycles. The summed E-state index contributed by atoms with van der Waals surface area (Å²) in [6.07, 6.45) is -4.63. The fourth-order valence-electron chi connectivity index (χ4n) is 1.66. The van der Waals surface area contributed by atoms with Crippen molar-refractivity contribution in [3.8, 4) is 0 Å². The summed E-state index contributed by atoms with van der Waals surface area (Å²) in [7, 11) is 0. The van der Waals surface area contributed by atoms with E-state index in [1.54, 1.807) is 30.3 Å². The van der Waals surface area contributed by atoms with Crippen molar-refractivity contribution in [3.05, 3.63) is 63.6 Å². The number of hydrazone groups is 1. The summed E-state index contributed by atoms with van der Waals surface area (Å²) >= 11 is 17.4. The van der Waals surface area contributed by atoms with Gasteiger partial charge in [0.05, 0.1) is 16.3 Å². The molecule has 0 fully saturated rings. The van der Waals surface area contributed by atoms with Gasteiger partial charge in [-0.1, -0.05) is 65.1 Å². The molecular weight excluding hydrogens is 360 g/mol. The van der Waals surface area contributed by atoms with Crippen molar-refractivity contribution in [2.75, 3.05) is 5.43 Å². The summed E-state index contributed by atoms with van der Waals surface area (Å²) < 4.78 is 39.1. The Hall–Kier alpha value is -1.43. The van der Waals surface area contributed by atoms with E-state index in [4.69, 9.17) is 34.8 Å². The smallest absolute Gasteiger partial charge is 0.275 e. The van der Waals surface area contributed by atoms with Crippen molar-refractivity contribution in [1.82, 2.24) is 0 Å². The molecule has 0 unspecified atom stereocenters. The number of rotatable bonds is 3. The molecule has 0 aliphatic rings. The molecule has 2 rings (SSSR count). The molecule has 0 saturated carbocycles. The van der Waals surface area contributed by atoms with Crippen LogP contribution in [-0.4, -0.2) is 5.17 Å².